The van der Waals surface area contributed by atoms with Crippen LogP contribution in [0, 0.1) is 5.92 Å². The number of aromatic amines is 1. The van der Waals surface area contributed by atoms with Gasteiger partial charge in [-0.15, -0.1) is 11.3 Å². The van der Waals surface area contributed by atoms with Crippen molar-refractivity contribution in [2.75, 3.05) is 20.7 Å². The maximum atomic E-state index is 13.2. The van der Waals surface area contributed by atoms with Crippen LogP contribution in [-0.2, 0) is 22.5 Å². The Morgan fingerprint density at radius 3 is 2.78 bits per heavy atom. The lowest BCUT2D eigenvalue weighted by Gasteiger charge is -2.35. The average molecular weight is 530 g/mol. The van der Waals surface area contributed by atoms with Crippen molar-refractivity contribution in [3.63, 3.8) is 0 Å². The minimum Gasteiger partial charge on any atom is -0.469 e. The Morgan fingerprint density at radius 2 is 1.97 bits per heavy atom. The van der Waals surface area contributed by atoms with E-state index in [-0.39, 0.29) is 29.7 Å². The molecule has 1 aliphatic heterocycles. The Balaban J connectivity index is 1.33. The fraction of sp³-hybridized carbons (Fsp3) is 0.440. The number of methoxy groups -OCH3 is 1. The molecule has 0 bridgehead atoms. The lowest BCUT2D eigenvalue weighted by atomic mass is 9.82. The van der Waals surface area contributed by atoms with Crippen molar-refractivity contribution in [3.8, 4) is 0 Å². The first-order valence-corrected chi connectivity index (χ1v) is 13.1. The monoisotopic (exact) mass is 529 g/mol. The molecule has 0 spiro atoms. The Bertz CT molecular complexity index is 1320. The second-order valence-electron chi connectivity index (χ2n) is 9.48. The molecule has 11 heteroatoms. The van der Waals surface area contributed by atoms with E-state index in [1.807, 2.05) is 6.07 Å². The molecule has 9 nitrogen and oxygen atoms in total. The van der Waals surface area contributed by atoms with Gasteiger partial charge in [0.1, 0.15) is 5.69 Å². The third-order valence-corrected chi connectivity index (χ3v) is 8.28. The van der Waals surface area contributed by atoms with Crippen LogP contribution in [0.5, 0.6) is 0 Å². The van der Waals surface area contributed by atoms with E-state index in [1.54, 1.807) is 18.2 Å². The quantitative estimate of drug-likeness (QED) is 0.437. The third-order valence-electron chi connectivity index (χ3n) is 6.96. The van der Waals surface area contributed by atoms with Crippen LogP contribution in [0.25, 0.3) is 10.9 Å². The van der Waals surface area contributed by atoms with Crippen molar-refractivity contribution in [2.24, 2.45) is 5.92 Å². The molecule has 5 rings (SSSR count). The lowest BCUT2D eigenvalue weighted by molar-refractivity contribution is -0.146. The van der Waals surface area contributed by atoms with Gasteiger partial charge < -0.3 is 25.3 Å². The van der Waals surface area contributed by atoms with E-state index in [4.69, 9.17) is 16.3 Å². The molecule has 3 aromatic rings. The first-order chi connectivity index (χ1) is 17.3. The zero-order valence-electron chi connectivity index (χ0n) is 20.1. The molecule has 0 saturated heterocycles. The highest BCUT2D eigenvalue weighted by Gasteiger charge is 2.37. The normalized spacial score (nSPS) is 22.1. The molecule has 1 saturated carbocycles. The van der Waals surface area contributed by atoms with Crippen LogP contribution in [0.2, 0.25) is 5.02 Å². The number of hydrogen-bond acceptors (Lipinski definition) is 7. The summed E-state index contributed by atoms with van der Waals surface area (Å²) in [5.41, 5.74) is 2.17. The van der Waals surface area contributed by atoms with E-state index in [0.717, 1.165) is 41.0 Å². The second kappa shape index (κ2) is 10.2. The summed E-state index contributed by atoms with van der Waals surface area (Å²) >= 11 is 7.49. The smallest absolute Gasteiger partial charge is 0.308 e. The topological polar surface area (TPSA) is 116 Å². The van der Waals surface area contributed by atoms with Crippen LogP contribution in [0.15, 0.2) is 24.3 Å². The SMILES string of the molecule is COC(=O)[C@@H]1CC[C@@H](NC(=O)c2nc3c(s2)CN(C)CC3)[C@@H](NC(=O)c2cc3cc(Cl)ccc3[nH]2)C1. The number of amides is 2. The molecule has 3 heterocycles. The number of nitrogens with zero attached hydrogens (tertiary/aromatic N) is 2. The van der Waals surface area contributed by atoms with Gasteiger partial charge >= 0.3 is 5.97 Å². The predicted octanol–water partition coefficient (Wildman–Crippen LogP) is 3.14. The highest BCUT2D eigenvalue weighted by atomic mass is 35.5. The number of hydrogen-bond donors (Lipinski definition) is 3. The van der Waals surface area contributed by atoms with Gasteiger partial charge in [0.15, 0.2) is 5.01 Å². The number of nitrogens with one attached hydrogen (secondary N) is 3. The van der Waals surface area contributed by atoms with Crippen LogP contribution >= 0.6 is 22.9 Å². The summed E-state index contributed by atoms with van der Waals surface area (Å²) in [6, 6.07) is 6.30. The molecular formula is C25H28ClN5O4S. The summed E-state index contributed by atoms with van der Waals surface area (Å²) in [5, 5.41) is 7.95. The number of carbonyl (C=O) groups excluding carboxylic acids is 3. The maximum Gasteiger partial charge on any atom is 0.308 e. The molecule has 1 aliphatic carbocycles. The summed E-state index contributed by atoms with van der Waals surface area (Å²) < 4.78 is 4.95. The van der Waals surface area contributed by atoms with Crippen molar-refractivity contribution in [1.82, 2.24) is 25.5 Å². The van der Waals surface area contributed by atoms with Gasteiger partial charge in [0.25, 0.3) is 11.8 Å². The number of halogens is 1. The summed E-state index contributed by atoms with van der Waals surface area (Å²) in [6.45, 7) is 1.71. The van der Waals surface area contributed by atoms with E-state index in [9.17, 15) is 14.4 Å². The van der Waals surface area contributed by atoms with Crippen LogP contribution in [0.1, 0.15) is 50.1 Å². The first kappa shape index (κ1) is 24.7. The maximum absolute atomic E-state index is 13.2. The lowest BCUT2D eigenvalue weighted by Crippen LogP contribution is -2.55. The van der Waals surface area contributed by atoms with Crippen molar-refractivity contribution in [3.05, 3.63) is 50.6 Å². The predicted molar refractivity (Wildman–Crippen MR) is 137 cm³/mol. The molecule has 1 fully saturated rings. The molecule has 0 unspecified atom stereocenters. The average Bonchev–Trinajstić information content (AvgIpc) is 3.48. The fourth-order valence-corrected chi connectivity index (χ4v) is 6.28. The third kappa shape index (κ3) is 5.11. The number of esters is 1. The van der Waals surface area contributed by atoms with E-state index in [1.165, 1.54) is 18.4 Å². The van der Waals surface area contributed by atoms with Crippen LogP contribution in [0.3, 0.4) is 0 Å². The Morgan fingerprint density at radius 1 is 1.17 bits per heavy atom. The minimum atomic E-state index is -0.449. The molecule has 36 heavy (non-hydrogen) atoms. The van der Waals surface area contributed by atoms with Gasteiger partial charge in [-0.2, -0.15) is 0 Å². The molecule has 1 aromatic carbocycles. The summed E-state index contributed by atoms with van der Waals surface area (Å²) in [6.07, 6.45) is 2.30. The zero-order chi connectivity index (χ0) is 25.4. The first-order valence-electron chi connectivity index (χ1n) is 12.0. The molecule has 2 aromatic heterocycles. The Hall–Kier alpha value is -2.95. The van der Waals surface area contributed by atoms with Gasteiger partial charge in [-0.25, -0.2) is 4.98 Å². The van der Waals surface area contributed by atoms with Gasteiger partial charge in [0.2, 0.25) is 0 Å². The number of aromatic nitrogens is 2. The fourth-order valence-electron chi connectivity index (χ4n) is 5.01. The number of rotatable bonds is 5. The summed E-state index contributed by atoms with van der Waals surface area (Å²) in [7, 11) is 3.41. The number of likely N-dealkylation sites (N-methyl/N-ethyl adjacent to an activating group) is 1. The number of H-pyrrole nitrogens is 1. The molecule has 0 radical (unpaired) electrons. The summed E-state index contributed by atoms with van der Waals surface area (Å²) in [4.78, 5) is 49.6. The number of ether oxygens (including phenoxy) is 1. The molecule has 3 N–H and O–H groups in total. The molecule has 3 atom stereocenters. The van der Waals surface area contributed by atoms with Gasteiger partial charge in [0, 0.05) is 46.4 Å². The molecular weight excluding hydrogens is 502 g/mol. The molecule has 190 valence electrons. The second-order valence-corrected chi connectivity index (χ2v) is 11.0. The number of fused-ring (bicyclic) bond motifs is 2. The van der Waals surface area contributed by atoms with Crippen LogP contribution < -0.4 is 10.6 Å². The Labute approximate surface area is 217 Å². The highest BCUT2D eigenvalue weighted by molar-refractivity contribution is 7.13. The molecule has 2 aliphatic rings. The van der Waals surface area contributed by atoms with Gasteiger partial charge in [0.05, 0.1) is 24.8 Å². The van der Waals surface area contributed by atoms with Crippen molar-refractivity contribution in [1.29, 1.82) is 0 Å². The zero-order valence-corrected chi connectivity index (χ0v) is 21.7. The Kier molecular flexibility index (Phi) is 7.00. The van der Waals surface area contributed by atoms with Crippen molar-refractivity contribution in [2.45, 2.75) is 44.3 Å². The van der Waals surface area contributed by atoms with E-state index in [0.29, 0.717) is 35.0 Å². The van der Waals surface area contributed by atoms with Crippen LogP contribution in [-0.4, -0.2) is 65.4 Å². The standard InChI is InChI=1S/C25H28ClN5O4S/c1-31-8-7-18-21(12-31)36-24(30-18)23(33)28-17-5-3-13(25(34)35-2)10-19(17)29-22(32)20-11-14-9-15(26)4-6-16(14)27-20/h4,6,9,11,13,17,19,27H,3,5,7-8,10,12H2,1-2H3,(H,28,33)(H,29,32)/t13-,17-,19+/m1/s1. The highest BCUT2D eigenvalue weighted by Crippen LogP contribution is 2.28. The molecule has 2 amide bonds. The largest absolute Gasteiger partial charge is 0.469 e. The van der Waals surface area contributed by atoms with Gasteiger partial charge in [-0.05, 0) is 50.6 Å². The number of thiazole rings is 1. The van der Waals surface area contributed by atoms with E-state index >= 15 is 0 Å². The van der Waals surface area contributed by atoms with Gasteiger partial charge in [-0.1, -0.05) is 11.6 Å². The number of benzene rings is 1. The van der Waals surface area contributed by atoms with Crippen LogP contribution in [0.4, 0.5) is 0 Å². The van der Waals surface area contributed by atoms with Gasteiger partial charge in [-0.3, -0.25) is 14.4 Å². The van der Waals surface area contributed by atoms with E-state index in [2.05, 4.69) is 32.5 Å². The summed E-state index contributed by atoms with van der Waals surface area (Å²) in [5.74, 6) is -1.23. The number of carbonyl (C=O) groups is 3. The van der Waals surface area contributed by atoms with Crippen molar-refractivity contribution >= 4 is 51.6 Å². The van der Waals surface area contributed by atoms with Crippen molar-refractivity contribution < 1.29 is 19.1 Å². The van der Waals surface area contributed by atoms with E-state index < -0.39 is 6.04 Å². The minimum absolute atomic E-state index is 0.252.